The highest BCUT2D eigenvalue weighted by Gasteiger charge is 2.41. The molecular formula is C28H19ClF3N7O4. The first-order chi connectivity index (χ1) is 20.5. The Morgan fingerprint density at radius 2 is 1.58 bits per heavy atom. The minimum Gasteiger partial charge on any atom is -0.464 e. The largest absolute Gasteiger partial charge is 0.464 e. The summed E-state index contributed by atoms with van der Waals surface area (Å²) in [5, 5.41) is 9.56. The maximum Gasteiger partial charge on any atom is 0.434 e. The lowest BCUT2D eigenvalue weighted by molar-refractivity contribution is -0.143. The lowest BCUT2D eigenvalue weighted by Gasteiger charge is -2.14. The van der Waals surface area contributed by atoms with Crippen molar-refractivity contribution >= 4 is 51.5 Å². The Kier molecular flexibility index (Phi) is 7.78. The van der Waals surface area contributed by atoms with Gasteiger partial charge in [0.1, 0.15) is 5.69 Å². The number of aromatic nitrogens is 5. The Balaban J connectivity index is 1.38. The number of pyridine rings is 3. The Bertz CT molecular complexity index is 1900. The van der Waals surface area contributed by atoms with Crippen LogP contribution in [0.4, 0.5) is 24.5 Å². The molecule has 0 saturated carbocycles. The summed E-state index contributed by atoms with van der Waals surface area (Å²) in [6.45, 7) is 1.60. The van der Waals surface area contributed by atoms with Gasteiger partial charge in [0.25, 0.3) is 11.8 Å². The Labute approximate surface area is 245 Å². The van der Waals surface area contributed by atoms with Gasteiger partial charge in [0.05, 0.1) is 59.5 Å². The first-order valence-electron chi connectivity index (χ1n) is 12.3. The SMILES string of the molecule is COC(=O)c1ncc(NC(=O)c2ncc(NC(=O)c3cnn(-c4cncc5ccccc45)c3C(F)(F)F)cc2Cl)cc1C. The monoisotopic (exact) mass is 609 g/mol. The maximum absolute atomic E-state index is 14.3. The summed E-state index contributed by atoms with van der Waals surface area (Å²) >= 11 is 6.23. The molecule has 4 heterocycles. The number of rotatable bonds is 6. The molecule has 0 spiro atoms. The smallest absolute Gasteiger partial charge is 0.434 e. The van der Waals surface area contributed by atoms with E-state index in [0.29, 0.717) is 21.0 Å². The van der Waals surface area contributed by atoms with E-state index in [2.05, 4.69) is 35.4 Å². The van der Waals surface area contributed by atoms with Gasteiger partial charge in [0.2, 0.25) is 0 Å². The van der Waals surface area contributed by atoms with Crippen LogP contribution in [0, 0.1) is 6.92 Å². The van der Waals surface area contributed by atoms with Crippen LogP contribution in [-0.4, -0.2) is 49.6 Å². The first kappa shape index (κ1) is 29.1. The lowest BCUT2D eigenvalue weighted by Crippen LogP contribution is -2.21. The number of aryl methyl sites for hydroxylation is 1. The number of benzene rings is 1. The lowest BCUT2D eigenvalue weighted by atomic mass is 10.1. The fourth-order valence-electron chi connectivity index (χ4n) is 4.25. The van der Waals surface area contributed by atoms with Gasteiger partial charge in [-0.25, -0.2) is 19.4 Å². The first-order valence-corrected chi connectivity index (χ1v) is 12.7. The van der Waals surface area contributed by atoms with Crippen LogP contribution in [0.15, 0.2) is 67.4 Å². The van der Waals surface area contributed by atoms with Crippen molar-refractivity contribution in [2.75, 3.05) is 17.7 Å². The average Bonchev–Trinajstić information content (AvgIpc) is 3.43. The number of halogens is 4. The Morgan fingerprint density at radius 3 is 2.26 bits per heavy atom. The van der Waals surface area contributed by atoms with Gasteiger partial charge in [-0.3, -0.25) is 14.6 Å². The van der Waals surface area contributed by atoms with Crippen LogP contribution in [-0.2, 0) is 10.9 Å². The summed E-state index contributed by atoms with van der Waals surface area (Å²) < 4.78 is 48.0. The summed E-state index contributed by atoms with van der Waals surface area (Å²) in [4.78, 5) is 49.4. The quantitative estimate of drug-likeness (QED) is 0.241. The number of fused-ring (bicyclic) bond motifs is 1. The number of carbonyl (C=O) groups is 3. The molecule has 0 radical (unpaired) electrons. The van der Waals surface area contributed by atoms with Crippen LogP contribution in [0.25, 0.3) is 16.5 Å². The highest BCUT2D eigenvalue weighted by molar-refractivity contribution is 6.34. The summed E-state index contributed by atoms with van der Waals surface area (Å²) in [7, 11) is 1.21. The fourth-order valence-corrected chi connectivity index (χ4v) is 4.51. The highest BCUT2D eigenvalue weighted by Crippen LogP contribution is 2.35. The van der Waals surface area contributed by atoms with Gasteiger partial charge in [-0.15, -0.1) is 0 Å². The molecule has 4 aromatic heterocycles. The number of nitrogens with one attached hydrogen (secondary N) is 2. The van der Waals surface area contributed by atoms with Crippen molar-refractivity contribution in [3.05, 3.63) is 101 Å². The van der Waals surface area contributed by atoms with Gasteiger partial charge in [-0.1, -0.05) is 35.9 Å². The number of hydrogen-bond donors (Lipinski definition) is 2. The topological polar surface area (TPSA) is 141 Å². The number of alkyl halides is 3. The minimum atomic E-state index is -4.96. The molecule has 1 aromatic carbocycles. The van der Waals surface area contributed by atoms with Crippen molar-refractivity contribution in [3.63, 3.8) is 0 Å². The average molecular weight is 610 g/mol. The molecule has 0 bridgehead atoms. The summed E-state index contributed by atoms with van der Waals surface area (Å²) in [6.07, 6.45) is 0.882. The van der Waals surface area contributed by atoms with Crippen molar-refractivity contribution < 1.29 is 32.3 Å². The van der Waals surface area contributed by atoms with Crippen molar-refractivity contribution in [3.8, 4) is 5.69 Å². The van der Waals surface area contributed by atoms with Gasteiger partial charge in [-0.2, -0.15) is 18.3 Å². The molecule has 2 N–H and O–H groups in total. The highest BCUT2D eigenvalue weighted by atomic mass is 35.5. The van der Waals surface area contributed by atoms with Crippen LogP contribution >= 0.6 is 11.6 Å². The molecular weight excluding hydrogens is 591 g/mol. The number of carbonyl (C=O) groups excluding carboxylic acids is 3. The van der Waals surface area contributed by atoms with E-state index in [4.69, 9.17) is 11.6 Å². The molecule has 5 aromatic rings. The Morgan fingerprint density at radius 1 is 0.907 bits per heavy atom. The van der Waals surface area contributed by atoms with Gasteiger partial charge in [0.15, 0.2) is 11.4 Å². The second-order valence-electron chi connectivity index (χ2n) is 9.04. The number of anilines is 2. The number of nitrogens with zero attached hydrogens (tertiary/aromatic N) is 5. The van der Waals surface area contributed by atoms with Crippen LogP contribution in [0.5, 0.6) is 0 Å². The third kappa shape index (κ3) is 5.85. The molecule has 0 atom stereocenters. The number of ether oxygens (including phenoxy) is 1. The second kappa shape index (κ2) is 11.5. The van der Waals surface area contributed by atoms with E-state index in [1.165, 1.54) is 31.8 Å². The van der Waals surface area contributed by atoms with Crippen LogP contribution in [0.2, 0.25) is 5.02 Å². The zero-order chi connectivity index (χ0) is 30.9. The normalized spacial score (nSPS) is 11.3. The summed E-state index contributed by atoms with van der Waals surface area (Å²) in [5.74, 6) is -2.51. The Hall–Kier alpha value is -5.37. The van der Waals surface area contributed by atoms with Gasteiger partial charge in [-0.05, 0) is 24.6 Å². The van der Waals surface area contributed by atoms with E-state index in [-0.39, 0.29) is 33.5 Å². The van der Waals surface area contributed by atoms with Crippen LogP contribution in [0.3, 0.4) is 0 Å². The van der Waals surface area contributed by atoms with Crippen molar-refractivity contribution in [2.24, 2.45) is 0 Å². The van der Waals surface area contributed by atoms with Crippen molar-refractivity contribution in [1.82, 2.24) is 24.7 Å². The molecule has 218 valence electrons. The van der Waals surface area contributed by atoms with Gasteiger partial charge in [0, 0.05) is 17.0 Å². The standard InChI is InChI=1S/C28H19ClF3N7O4/c1-14-7-16(10-34-22(14)27(42)43-2)38-26(41)23-20(29)8-17(11-35-23)37-25(40)19-12-36-39(24(19)28(30,31)32)21-13-33-9-15-5-3-4-6-18(15)21/h3-13H,1-2H3,(H,37,40)(H,38,41). The van der Waals surface area contributed by atoms with Crippen LogP contribution < -0.4 is 10.6 Å². The molecule has 0 aliphatic carbocycles. The molecule has 11 nitrogen and oxygen atoms in total. The van der Waals surface area contributed by atoms with E-state index in [0.717, 1.165) is 18.5 Å². The minimum absolute atomic E-state index is 0.0369. The fraction of sp³-hybridized carbons (Fsp3) is 0.107. The molecule has 15 heteroatoms. The predicted molar refractivity (Wildman–Crippen MR) is 149 cm³/mol. The third-order valence-electron chi connectivity index (χ3n) is 6.19. The molecule has 0 saturated heterocycles. The molecule has 0 unspecified atom stereocenters. The third-order valence-corrected chi connectivity index (χ3v) is 6.47. The molecule has 0 fully saturated rings. The zero-order valence-electron chi connectivity index (χ0n) is 22.2. The number of esters is 1. The molecule has 2 amide bonds. The van der Waals surface area contributed by atoms with E-state index in [1.54, 1.807) is 31.2 Å². The van der Waals surface area contributed by atoms with Gasteiger partial charge >= 0.3 is 12.1 Å². The number of amides is 2. The van der Waals surface area contributed by atoms with E-state index in [1.807, 2.05) is 0 Å². The number of methoxy groups -OCH3 is 1. The molecule has 43 heavy (non-hydrogen) atoms. The maximum atomic E-state index is 14.3. The predicted octanol–water partition coefficient (Wildman–Crippen LogP) is 5.48. The molecule has 5 rings (SSSR count). The van der Waals surface area contributed by atoms with E-state index >= 15 is 0 Å². The molecule has 0 aliphatic rings. The van der Waals surface area contributed by atoms with E-state index in [9.17, 15) is 27.6 Å². The summed E-state index contributed by atoms with van der Waals surface area (Å²) in [5.41, 5.74) is -1.57. The van der Waals surface area contributed by atoms with Crippen molar-refractivity contribution in [2.45, 2.75) is 13.1 Å². The molecule has 0 aliphatic heterocycles. The summed E-state index contributed by atoms with van der Waals surface area (Å²) in [6, 6.07) is 9.35. The second-order valence-corrected chi connectivity index (χ2v) is 9.45. The van der Waals surface area contributed by atoms with Gasteiger partial charge < -0.3 is 15.4 Å². The van der Waals surface area contributed by atoms with Crippen molar-refractivity contribution in [1.29, 1.82) is 0 Å². The van der Waals surface area contributed by atoms with E-state index < -0.39 is 35.2 Å². The number of hydrogen-bond acceptors (Lipinski definition) is 8. The zero-order valence-corrected chi connectivity index (χ0v) is 23.0. The van der Waals surface area contributed by atoms with Crippen LogP contribution in [0.1, 0.15) is 42.6 Å².